The van der Waals surface area contributed by atoms with E-state index in [4.69, 9.17) is 11.6 Å². The van der Waals surface area contributed by atoms with E-state index in [2.05, 4.69) is 4.98 Å². The smallest absolute Gasteiger partial charge is 0.270 e. The standard InChI is InChI=1S/C8H6ClNO2/c1-5(11)6-3-2-4-7(10-6)8(9)12/h2-4H,1H3. The second-order valence-electron chi connectivity index (χ2n) is 2.24. The van der Waals surface area contributed by atoms with E-state index in [9.17, 15) is 9.59 Å². The number of halogens is 1. The highest BCUT2D eigenvalue weighted by Gasteiger charge is 2.06. The molecular weight excluding hydrogens is 178 g/mol. The van der Waals surface area contributed by atoms with Gasteiger partial charge in [-0.2, -0.15) is 0 Å². The van der Waals surface area contributed by atoms with Crippen LogP contribution in [0.5, 0.6) is 0 Å². The number of pyridine rings is 1. The number of Topliss-reactive ketones (excluding diaryl/α,β-unsaturated/α-hetero) is 1. The van der Waals surface area contributed by atoms with Crippen molar-refractivity contribution in [2.45, 2.75) is 6.92 Å². The summed E-state index contributed by atoms with van der Waals surface area (Å²) >= 11 is 5.17. The second-order valence-corrected chi connectivity index (χ2v) is 2.58. The van der Waals surface area contributed by atoms with Crippen LogP contribution in [-0.2, 0) is 0 Å². The third-order valence-corrected chi connectivity index (χ3v) is 1.50. The molecule has 0 spiro atoms. The molecule has 0 aliphatic rings. The molecule has 0 saturated heterocycles. The molecule has 0 radical (unpaired) electrons. The number of rotatable bonds is 2. The molecule has 1 heterocycles. The first-order valence-corrected chi connectivity index (χ1v) is 3.67. The van der Waals surface area contributed by atoms with Gasteiger partial charge < -0.3 is 0 Å². The van der Waals surface area contributed by atoms with Gasteiger partial charge in [-0.05, 0) is 23.7 Å². The third kappa shape index (κ3) is 1.89. The van der Waals surface area contributed by atoms with Crippen molar-refractivity contribution >= 4 is 22.6 Å². The Labute approximate surface area is 74.4 Å². The van der Waals surface area contributed by atoms with Crippen molar-refractivity contribution < 1.29 is 9.59 Å². The average molecular weight is 184 g/mol. The summed E-state index contributed by atoms with van der Waals surface area (Å²) < 4.78 is 0. The van der Waals surface area contributed by atoms with Crippen LogP contribution in [-0.4, -0.2) is 16.0 Å². The fourth-order valence-electron chi connectivity index (χ4n) is 0.740. The van der Waals surface area contributed by atoms with Crippen molar-refractivity contribution in [1.29, 1.82) is 0 Å². The molecule has 0 aliphatic carbocycles. The van der Waals surface area contributed by atoms with Gasteiger partial charge in [0.05, 0.1) is 0 Å². The van der Waals surface area contributed by atoms with E-state index in [1.54, 1.807) is 6.07 Å². The maximum absolute atomic E-state index is 10.8. The average Bonchev–Trinajstić information content (AvgIpc) is 2.04. The van der Waals surface area contributed by atoms with Crippen molar-refractivity contribution in [3.05, 3.63) is 29.6 Å². The van der Waals surface area contributed by atoms with Gasteiger partial charge in [0.2, 0.25) is 0 Å². The van der Waals surface area contributed by atoms with Gasteiger partial charge in [0, 0.05) is 6.92 Å². The fraction of sp³-hybridized carbons (Fsp3) is 0.125. The van der Waals surface area contributed by atoms with Crippen molar-refractivity contribution in [3.8, 4) is 0 Å². The minimum atomic E-state index is -0.655. The van der Waals surface area contributed by atoms with E-state index in [0.717, 1.165) is 0 Å². The van der Waals surface area contributed by atoms with E-state index in [0.29, 0.717) is 0 Å². The van der Waals surface area contributed by atoms with Gasteiger partial charge in [-0.3, -0.25) is 9.59 Å². The van der Waals surface area contributed by atoms with Crippen LogP contribution in [0.3, 0.4) is 0 Å². The lowest BCUT2D eigenvalue weighted by atomic mass is 10.2. The first-order chi connectivity index (χ1) is 5.61. The van der Waals surface area contributed by atoms with Crippen molar-refractivity contribution in [3.63, 3.8) is 0 Å². The summed E-state index contributed by atoms with van der Waals surface area (Å²) in [4.78, 5) is 25.2. The zero-order valence-corrected chi connectivity index (χ0v) is 7.13. The molecule has 0 saturated carbocycles. The highest BCUT2D eigenvalue weighted by atomic mass is 35.5. The van der Waals surface area contributed by atoms with Crippen LogP contribution < -0.4 is 0 Å². The minimum absolute atomic E-state index is 0.101. The van der Waals surface area contributed by atoms with Gasteiger partial charge in [-0.15, -0.1) is 0 Å². The predicted octanol–water partition coefficient (Wildman–Crippen LogP) is 1.66. The van der Waals surface area contributed by atoms with E-state index >= 15 is 0 Å². The lowest BCUT2D eigenvalue weighted by Gasteiger charge is -1.95. The summed E-state index contributed by atoms with van der Waals surface area (Å²) in [6.07, 6.45) is 0. The molecule has 0 amide bonds. The maximum atomic E-state index is 10.8. The molecule has 62 valence electrons. The topological polar surface area (TPSA) is 47.0 Å². The Morgan fingerprint density at radius 2 is 1.92 bits per heavy atom. The number of carbonyl (C=O) groups excluding carboxylic acids is 2. The van der Waals surface area contributed by atoms with Crippen molar-refractivity contribution in [2.75, 3.05) is 0 Å². The lowest BCUT2D eigenvalue weighted by molar-refractivity contribution is 0.101. The third-order valence-electron chi connectivity index (χ3n) is 1.31. The van der Waals surface area contributed by atoms with Crippen LogP contribution in [0.4, 0.5) is 0 Å². The summed E-state index contributed by atoms with van der Waals surface area (Å²) in [5.41, 5.74) is 0.353. The highest BCUT2D eigenvalue weighted by molar-refractivity contribution is 6.67. The van der Waals surface area contributed by atoms with Crippen LogP contribution in [0.2, 0.25) is 0 Å². The quantitative estimate of drug-likeness (QED) is 0.518. The Hall–Kier alpha value is -1.22. The Morgan fingerprint density at radius 3 is 2.42 bits per heavy atom. The van der Waals surface area contributed by atoms with Crippen LogP contribution in [0.25, 0.3) is 0 Å². The number of nitrogens with zero attached hydrogens (tertiary/aromatic N) is 1. The molecule has 0 aliphatic heterocycles. The molecule has 0 fully saturated rings. The lowest BCUT2D eigenvalue weighted by Crippen LogP contribution is -2.01. The number of ketones is 1. The molecule has 0 bridgehead atoms. The fourth-order valence-corrected chi connectivity index (χ4v) is 0.846. The number of aromatic nitrogens is 1. The Kier molecular flexibility index (Phi) is 2.55. The SMILES string of the molecule is CC(=O)c1cccc(C(=O)Cl)n1. The monoisotopic (exact) mass is 183 g/mol. The van der Waals surface area contributed by atoms with E-state index < -0.39 is 5.24 Å². The summed E-state index contributed by atoms with van der Waals surface area (Å²) in [6, 6.07) is 4.56. The minimum Gasteiger partial charge on any atom is -0.293 e. The number of hydrogen-bond donors (Lipinski definition) is 0. The molecule has 4 heteroatoms. The van der Waals surface area contributed by atoms with E-state index in [1.165, 1.54) is 19.1 Å². The Morgan fingerprint density at radius 1 is 1.33 bits per heavy atom. The maximum Gasteiger partial charge on any atom is 0.270 e. The van der Waals surface area contributed by atoms with Gasteiger partial charge in [-0.25, -0.2) is 4.98 Å². The van der Waals surface area contributed by atoms with Gasteiger partial charge in [0.15, 0.2) is 5.78 Å². The second kappa shape index (κ2) is 3.45. The van der Waals surface area contributed by atoms with Crippen LogP contribution in [0, 0.1) is 0 Å². The molecule has 0 aromatic carbocycles. The van der Waals surface area contributed by atoms with Crippen LogP contribution >= 0.6 is 11.6 Å². The van der Waals surface area contributed by atoms with Crippen molar-refractivity contribution in [2.24, 2.45) is 0 Å². The molecule has 0 unspecified atom stereocenters. The van der Waals surface area contributed by atoms with Crippen LogP contribution in [0.15, 0.2) is 18.2 Å². The summed E-state index contributed by atoms with van der Waals surface area (Å²) in [5.74, 6) is -0.185. The summed E-state index contributed by atoms with van der Waals surface area (Å²) in [5, 5.41) is -0.655. The molecule has 3 nitrogen and oxygen atoms in total. The van der Waals surface area contributed by atoms with Crippen LogP contribution in [0.1, 0.15) is 27.9 Å². The van der Waals surface area contributed by atoms with Gasteiger partial charge in [0.25, 0.3) is 5.24 Å². The molecule has 12 heavy (non-hydrogen) atoms. The molecule has 1 aromatic rings. The zero-order chi connectivity index (χ0) is 9.14. The summed E-state index contributed by atoms with van der Waals surface area (Å²) in [6.45, 7) is 1.38. The predicted molar refractivity (Wildman–Crippen MR) is 44.4 cm³/mol. The largest absolute Gasteiger partial charge is 0.293 e. The molecule has 1 rings (SSSR count). The molecular formula is C8H6ClNO2. The first kappa shape index (κ1) is 8.87. The van der Waals surface area contributed by atoms with E-state index in [-0.39, 0.29) is 17.2 Å². The highest BCUT2D eigenvalue weighted by Crippen LogP contribution is 2.02. The van der Waals surface area contributed by atoms with Crippen molar-refractivity contribution in [1.82, 2.24) is 4.98 Å². The molecule has 0 N–H and O–H groups in total. The Balaban J connectivity index is 3.12. The summed E-state index contributed by atoms with van der Waals surface area (Å²) in [7, 11) is 0. The molecule has 0 atom stereocenters. The number of carbonyl (C=O) groups is 2. The molecule has 1 aromatic heterocycles. The van der Waals surface area contributed by atoms with Gasteiger partial charge >= 0.3 is 0 Å². The van der Waals surface area contributed by atoms with E-state index in [1.807, 2.05) is 0 Å². The normalized spacial score (nSPS) is 9.50. The van der Waals surface area contributed by atoms with Gasteiger partial charge in [0.1, 0.15) is 11.4 Å². The zero-order valence-electron chi connectivity index (χ0n) is 6.37. The Bertz CT molecular complexity index is 306. The number of hydrogen-bond acceptors (Lipinski definition) is 3. The van der Waals surface area contributed by atoms with Gasteiger partial charge in [-0.1, -0.05) is 6.07 Å². The first-order valence-electron chi connectivity index (χ1n) is 3.29.